The van der Waals surface area contributed by atoms with Gasteiger partial charge >= 0.3 is 5.97 Å². The number of ether oxygens (including phenoxy) is 3. The van der Waals surface area contributed by atoms with Gasteiger partial charge in [0, 0.05) is 19.6 Å². The minimum absolute atomic E-state index is 0.00990. The topological polar surface area (TPSA) is 71.1 Å². The van der Waals surface area contributed by atoms with E-state index in [2.05, 4.69) is 40.8 Å². The lowest BCUT2D eigenvalue weighted by molar-refractivity contribution is -0.177. The molecule has 2 rings (SSSR count). The number of rotatable bonds is 8. The quantitative estimate of drug-likeness (QED) is 0.315. The van der Waals surface area contributed by atoms with Crippen molar-refractivity contribution in [3.8, 4) is 0 Å². The molecular formula is C23H42O6Si. The smallest absolute Gasteiger partial charge is 0.309 e. The molecule has 2 aliphatic rings. The van der Waals surface area contributed by atoms with Crippen molar-refractivity contribution in [3.63, 3.8) is 0 Å². The van der Waals surface area contributed by atoms with Gasteiger partial charge in [-0.25, -0.2) is 0 Å². The number of esters is 1. The Bertz CT molecular complexity index is 628. The van der Waals surface area contributed by atoms with Gasteiger partial charge in [-0.2, -0.15) is 0 Å². The van der Waals surface area contributed by atoms with E-state index in [0.717, 1.165) is 19.3 Å². The molecule has 174 valence electrons. The molecule has 0 N–H and O–H groups in total. The van der Waals surface area contributed by atoms with Crippen molar-refractivity contribution in [1.82, 2.24) is 0 Å². The summed E-state index contributed by atoms with van der Waals surface area (Å²) in [7, 11) is 1.06. The zero-order chi connectivity index (χ0) is 22.9. The molecule has 0 aromatic rings. The first kappa shape index (κ1) is 25.5. The lowest BCUT2D eigenvalue weighted by Crippen LogP contribution is -2.54. The fraction of sp³-hybridized carbons (Fsp3) is 0.913. The van der Waals surface area contributed by atoms with Crippen molar-refractivity contribution in [1.29, 1.82) is 0 Å². The number of ketones is 1. The third-order valence-corrected chi connectivity index (χ3v) is 12.6. The molecule has 0 amide bonds. The standard InChI is InChI=1S/C23H42O6Si/c1-15-19(28-14-26-6)12-23(13-29-30(8,9)22(3,4)5)11-17(16(2)24)10-18(23)20(15)21(25)27-7/h15,17-20H,10-14H2,1-9H3/t15-,17+,18+,19-,20+,23-/m1/s1. The summed E-state index contributed by atoms with van der Waals surface area (Å²) in [6, 6.07) is 0. The lowest BCUT2D eigenvalue weighted by Gasteiger charge is -2.50. The van der Waals surface area contributed by atoms with Gasteiger partial charge in [-0.05, 0) is 61.6 Å². The number of carbonyl (C=O) groups is 2. The van der Waals surface area contributed by atoms with Gasteiger partial charge in [0.05, 0.1) is 19.1 Å². The maximum Gasteiger partial charge on any atom is 0.309 e. The second-order valence-corrected chi connectivity index (χ2v) is 15.8. The van der Waals surface area contributed by atoms with Gasteiger partial charge in [0.25, 0.3) is 0 Å². The average molecular weight is 443 g/mol. The van der Waals surface area contributed by atoms with Crippen LogP contribution in [0.2, 0.25) is 18.1 Å². The number of fused-ring (bicyclic) bond motifs is 1. The first-order valence-electron chi connectivity index (χ1n) is 11.1. The van der Waals surface area contributed by atoms with E-state index in [9.17, 15) is 9.59 Å². The van der Waals surface area contributed by atoms with Crippen LogP contribution < -0.4 is 0 Å². The van der Waals surface area contributed by atoms with Crippen molar-refractivity contribution in [2.45, 2.75) is 78.1 Å². The SMILES string of the molecule is COCO[C@@H]1C[C@@]2(CO[Si](C)(C)C(C)(C)C)C[C@@H](C(C)=O)C[C@H]2[C@@H](C(=O)OC)[C@@H]1C. The van der Waals surface area contributed by atoms with Gasteiger partial charge < -0.3 is 18.6 Å². The molecule has 0 aromatic carbocycles. The normalized spacial score (nSPS) is 34.5. The molecule has 0 aliphatic heterocycles. The van der Waals surface area contributed by atoms with Crippen LogP contribution in [0.5, 0.6) is 0 Å². The highest BCUT2D eigenvalue weighted by molar-refractivity contribution is 6.74. The molecule has 0 heterocycles. The van der Waals surface area contributed by atoms with Crippen LogP contribution in [0.4, 0.5) is 0 Å². The van der Waals surface area contributed by atoms with E-state index in [1.807, 2.05) is 0 Å². The van der Waals surface area contributed by atoms with E-state index in [0.29, 0.717) is 6.61 Å². The fourth-order valence-electron chi connectivity index (χ4n) is 5.18. The van der Waals surface area contributed by atoms with Gasteiger partial charge in [-0.15, -0.1) is 0 Å². The van der Waals surface area contributed by atoms with Crippen LogP contribution in [0, 0.1) is 29.1 Å². The van der Waals surface area contributed by atoms with Crippen LogP contribution in [0.1, 0.15) is 53.9 Å². The van der Waals surface area contributed by atoms with Crippen molar-refractivity contribution in [2.75, 3.05) is 27.6 Å². The molecule has 2 aliphatic carbocycles. The van der Waals surface area contributed by atoms with E-state index in [1.165, 1.54) is 7.11 Å². The summed E-state index contributed by atoms with van der Waals surface area (Å²) in [4.78, 5) is 25.3. The zero-order valence-corrected chi connectivity index (χ0v) is 21.4. The highest BCUT2D eigenvalue weighted by atomic mass is 28.4. The van der Waals surface area contributed by atoms with Crippen LogP contribution in [0.3, 0.4) is 0 Å². The maximum atomic E-state index is 12.9. The summed E-state index contributed by atoms with van der Waals surface area (Å²) in [6.07, 6.45) is 2.10. The molecule has 0 saturated heterocycles. The summed E-state index contributed by atoms with van der Waals surface area (Å²) in [6.45, 7) is 15.6. The Balaban J connectivity index is 2.43. The summed E-state index contributed by atoms with van der Waals surface area (Å²) < 4.78 is 23.1. The number of hydrogen-bond acceptors (Lipinski definition) is 6. The van der Waals surface area contributed by atoms with Crippen molar-refractivity contribution in [3.05, 3.63) is 0 Å². The largest absolute Gasteiger partial charge is 0.469 e. The second-order valence-electron chi connectivity index (χ2n) is 11.0. The summed E-state index contributed by atoms with van der Waals surface area (Å²) in [5.41, 5.74) is -0.268. The predicted molar refractivity (Wildman–Crippen MR) is 119 cm³/mol. The van der Waals surface area contributed by atoms with Crippen LogP contribution >= 0.6 is 0 Å². The Morgan fingerprint density at radius 3 is 2.27 bits per heavy atom. The summed E-state index contributed by atoms with van der Waals surface area (Å²) >= 11 is 0. The van der Waals surface area contributed by atoms with Crippen LogP contribution in [0.15, 0.2) is 0 Å². The van der Waals surface area contributed by atoms with Crippen LogP contribution in [-0.4, -0.2) is 53.8 Å². The van der Waals surface area contributed by atoms with Gasteiger partial charge in [0.2, 0.25) is 0 Å². The molecule has 0 unspecified atom stereocenters. The monoisotopic (exact) mass is 442 g/mol. The average Bonchev–Trinajstić information content (AvgIpc) is 3.03. The Hall–Kier alpha value is -0.763. The maximum absolute atomic E-state index is 12.9. The number of Topliss-reactive ketones (excluding diaryl/α,β-unsaturated/α-hetero) is 1. The molecule has 0 spiro atoms. The van der Waals surface area contributed by atoms with E-state index >= 15 is 0 Å². The number of hydrogen-bond donors (Lipinski definition) is 0. The van der Waals surface area contributed by atoms with Gasteiger partial charge in [0.1, 0.15) is 12.6 Å². The number of carbonyl (C=O) groups excluding carboxylic acids is 2. The van der Waals surface area contributed by atoms with Crippen LogP contribution in [0.25, 0.3) is 0 Å². The highest BCUT2D eigenvalue weighted by Crippen LogP contribution is 2.59. The fourth-order valence-corrected chi connectivity index (χ4v) is 6.27. The predicted octanol–water partition coefficient (Wildman–Crippen LogP) is 4.43. The van der Waals surface area contributed by atoms with Gasteiger partial charge in [-0.3, -0.25) is 9.59 Å². The molecule has 2 fully saturated rings. The molecule has 0 radical (unpaired) electrons. The first-order chi connectivity index (χ1) is 13.8. The van der Waals surface area contributed by atoms with E-state index < -0.39 is 8.32 Å². The van der Waals surface area contributed by atoms with Crippen molar-refractivity contribution in [2.24, 2.45) is 29.1 Å². The Labute approximate surface area is 183 Å². The van der Waals surface area contributed by atoms with E-state index in [4.69, 9.17) is 18.6 Å². The molecule has 0 aromatic heterocycles. The van der Waals surface area contributed by atoms with Crippen LogP contribution in [-0.2, 0) is 28.2 Å². The molecule has 2 saturated carbocycles. The lowest BCUT2D eigenvalue weighted by atomic mass is 9.59. The Morgan fingerprint density at radius 2 is 1.77 bits per heavy atom. The first-order valence-corrected chi connectivity index (χ1v) is 14.0. The number of methoxy groups -OCH3 is 2. The second kappa shape index (κ2) is 9.39. The van der Waals surface area contributed by atoms with Crippen molar-refractivity contribution < 1.29 is 28.2 Å². The Kier molecular flexibility index (Phi) is 7.98. The molecule has 6 atom stereocenters. The molecule has 7 heteroatoms. The Morgan fingerprint density at radius 1 is 1.13 bits per heavy atom. The molecule has 0 bridgehead atoms. The minimum atomic E-state index is -1.99. The van der Waals surface area contributed by atoms with E-state index in [1.54, 1.807) is 14.0 Å². The van der Waals surface area contributed by atoms with Crippen molar-refractivity contribution >= 4 is 20.1 Å². The highest BCUT2D eigenvalue weighted by Gasteiger charge is 2.60. The van der Waals surface area contributed by atoms with Gasteiger partial charge in [0.15, 0.2) is 8.32 Å². The van der Waals surface area contributed by atoms with Gasteiger partial charge in [-0.1, -0.05) is 27.7 Å². The zero-order valence-electron chi connectivity index (χ0n) is 20.4. The minimum Gasteiger partial charge on any atom is -0.469 e. The third-order valence-electron chi connectivity index (χ3n) is 8.15. The van der Waals surface area contributed by atoms with E-state index in [-0.39, 0.29) is 58.8 Å². The summed E-state index contributed by atoms with van der Waals surface area (Å²) in [5, 5.41) is 0.0907. The summed E-state index contributed by atoms with van der Waals surface area (Å²) in [5.74, 6) is -0.317. The molecule has 6 nitrogen and oxygen atoms in total. The molecular weight excluding hydrogens is 400 g/mol. The molecule has 30 heavy (non-hydrogen) atoms. The third kappa shape index (κ3) is 5.00.